The van der Waals surface area contributed by atoms with Crippen molar-refractivity contribution in [2.75, 3.05) is 12.4 Å². The third kappa shape index (κ3) is 3.86. The second kappa shape index (κ2) is 6.54. The highest BCUT2D eigenvalue weighted by Crippen LogP contribution is 2.08. The Balaban J connectivity index is 2.66. The molecule has 2 nitrogen and oxygen atoms in total. The molecule has 0 saturated heterocycles. The molecule has 0 heterocycles. The highest BCUT2D eigenvalue weighted by molar-refractivity contribution is 6.18. The molecular formula is C13H18ClNO. The lowest BCUT2D eigenvalue weighted by Crippen LogP contribution is -2.30. The van der Waals surface area contributed by atoms with Gasteiger partial charge in [0.05, 0.1) is 0 Å². The van der Waals surface area contributed by atoms with E-state index >= 15 is 0 Å². The summed E-state index contributed by atoms with van der Waals surface area (Å²) in [4.78, 5) is 13.5. The molecule has 0 unspecified atom stereocenters. The fourth-order valence-corrected chi connectivity index (χ4v) is 1.81. The summed E-state index contributed by atoms with van der Waals surface area (Å²) in [5.41, 5.74) is 2.39. The van der Waals surface area contributed by atoms with E-state index in [2.05, 4.69) is 19.1 Å². The SMILES string of the molecule is CCN(Cc1cccc(C)c1)C(=O)CCCl. The molecule has 0 N–H and O–H groups in total. The van der Waals surface area contributed by atoms with Crippen LogP contribution in [-0.2, 0) is 11.3 Å². The summed E-state index contributed by atoms with van der Waals surface area (Å²) < 4.78 is 0. The fourth-order valence-electron chi connectivity index (χ4n) is 1.65. The van der Waals surface area contributed by atoms with Crippen molar-refractivity contribution < 1.29 is 4.79 Å². The molecule has 88 valence electrons. The van der Waals surface area contributed by atoms with Crippen LogP contribution in [0.5, 0.6) is 0 Å². The Morgan fingerprint density at radius 2 is 2.19 bits per heavy atom. The van der Waals surface area contributed by atoms with Gasteiger partial charge >= 0.3 is 0 Å². The van der Waals surface area contributed by atoms with Gasteiger partial charge in [-0.15, -0.1) is 11.6 Å². The smallest absolute Gasteiger partial charge is 0.224 e. The minimum Gasteiger partial charge on any atom is -0.339 e. The van der Waals surface area contributed by atoms with Crippen molar-refractivity contribution in [2.45, 2.75) is 26.8 Å². The molecule has 1 rings (SSSR count). The van der Waals surface area contributed by atoms with Gasteiger partial charge in [0.2, 0.25) is 5.91 Å². The second-order valence-corrected chi connectivity index (χ2v) is 4.21. The van der Waals surface area contributed by atoms with E-state index in [1.165, 1.54) is 11.1 Å². The number of hydrogen-bond acceptors (Lipinski definition) is 1. The van der Waals surface area contributed by atoms with Gasteiger partial charge in [-0.2, -0.15) is 0 Å². The number of nitrogens with zero attached hydrogens (tertiary/aromatic N) is 1. The maximum Gasteiger partial charge on any atom is 0.224 e. The number of carbonyl (C=O) groups excluding carboxylic acids is 1. The van der Waals surface area contributed by atoms with E-state index in [1.54, 1.807) is 0 Å². The summed E-state index contributed by atoms with van der Waals surface area (Å²) in [7, 11) is 0. The van der Waals surface area contributed by atoms with Crippen molar-refractivity contribution in [2.24, 2.45) is 0 Å². The van der Waals surface area contributed by atoms with Crippen LogP contribution in [0.3, 0.4) is 0 Å². The monoisotopic (exact) mass is 239 g/mol. The molecule has 0 aromatic heterocycles. The summed E-state index contributed by atoms with van der Waals surface area (Å²) in [5.74, 6) is 0.516. The Morgan fingerprint density at radius 1 is 1.44 bits per heavy atom. The van der Waals surface area contributed by atoms with Crippen molar-refractivity contribution in [3.8, 4) is 0 Å². The first-order chi connectivity index (χ1) is 7.67. The van der Waals surface area contributed by atoms with Gasteiger partial charge in [0, 0.05) is 25.4 Å². The standard InChI is InChI=1S/C13H18ClNO/c1-3-15(13(16)7-8-14)10-12-6-4-5-11(2)9-12/h4-6,9H,3,7-8,10H2,1-2H3. The summed E-state index contributed by atoms with van der Waals surface area (Å²) in [5, 5.41) is 0. The largest absolute Gasteiger partial charge is 0.339 e. The highest BCUT2D eigenvalue weighted by atomic mass is 35.5. The van der Waals surface area contributed by atoms with Crippen molar-refractivity contribution in [3.05, 3.63) is 35.4 Å². The van der Waals surface area contributed by atoms with Crippen molar-refractivity contribution >= 4 is 17.5 Å². The zero-order valence-corrected chi connectivity index (χ0v) is 10.6. The Bertz CT molecular complexity index is 352. The minimum atomic E-state index is 0.124. The first kappa shape index (κ1) is 13.0. The number of hydrogen-bond donors (Lipinski definition) is 0. The van der Waals surface area contributed by atoms with Crippen LogP contribution in [-0.4, -0.2) is 23.2 Å². The summed E-state index contributed by atoms with van der Waals surface area (Å²) in [6, 6.07) is 8.23. The maximum absolute atomic E-state index is 11.7. The van der Waals surface area contributed by atoms with E-state index in [-0.39, 0.29) is 5.91 Å². The van der Waals surface area contributed by atoms with Crippen LogP contribution < -0.4 is 0 Å². The van der Waals surface area contributed by atoms with Crippen LogP contribution in [0.15, 0.2) is 24.3 Å². The molecule has 0 saturated carbocycles. The normalized spacial score (nSPS) is 10.2. The first-order valence-corrected chi connectivity index (χ1v) is 6.10. The topological polar surface area (TPSA) is 20.3 Å². The van der Waals surface area contributed by atoms with Gasteiger partial charge < -0.3 is 4.90 Å². The van der Waals surface area contributed by atoms with Crippen LogP contribution in [0.4, 0.5) is 0 Å². The molecule has 3 heteroatoms. The lowest BCUT2D eigenvalue weighted by Gasteiger charge is -2.20. The van der Waals surface area contributed by atoms with Crippen LogP contribution >= 0.6 is 11.6 Å². The van der Waals surface area contributed by atoms with Crippen molar-refractivity contribution in [3.63, 3.8) is 0 Å². The number of carbonyl (C=O) groups is 1. The number of benzene rings is 1. The molecule has 0 aliphatic heterocycles. The summed E-state index contributed by atoms with van der Waals surface area (Å²) in [6.07, 6.45) is 0.418. The van der Waals surface area contributed by atoms with E-state index in [0.717, 1.165) is 6.54 Å². The molecule has 0 radical (unpaired) electrons. The third-order valence-corrected chi connectivity index (χ3v) is 2.69. The number of halogens is 1. The zero-order chi connectivity index (χ0) is 12.0. The molecule has 0 aliphatic carbocycles. The van der Waals surface area contributed by atoms with Gasteiger partial charge in [-0.25, -0.2) is 0 Å². The first-order valence-electron chi connectivity index (χ1n) is 5.56. The van der Waals surface area contributed by atoms with Crippen LogP contribution in [0.2, 0.25) is 0 Å². The van der Waals surface area contributed by atoms with Crippen LogP contribution in [0, 0.1) is 6.92 Å². The molecular weight excluding hydrogens is 222 g/mol. The molecule has 1 aromatic rings. The van der Waals surface area contributed by atoms with E-state index in [4.69, 9.17) is 11.6 Å². The Labute approximate surface area is 102 Å². The number of aryl methyl sites for hydroxylation is 1. The predicted molar refractivity (Wildman–Crippen MR) is 67.6 cm³/mol. The van der Waals surface area contributed by atoms with Gasteiger partial charge in [-0.3, -0.25) is 4.79 Å². The molecule has 0 bridgehead atoms. The Morgan fingerprint density at radius 3 is 2.75 bits per heavy atom. The van der Waals surface area contributed by atoms with Gasteiger partial charge in [0.1, 0.15) is 0 Å². The molecule has 0 atom stereocenters. The lowest BCUT2D eigenvalue weighted by atomic mass is 10.1. The molecule has 1 aromatic carbocycles. The average Bonchev–Trinajstić information content (AvgIpc) is 2.26. The van der Waals surface area contributed by atoms with E-state index < -0.39 is 0 Å². The molecule has 0 spiro atoms. The highest BCUT2D eigenvalue weighted by Gasteiger charge is 2.10. The van der Waals surface area contributed by atoms with E-state index in [1.807, 2.05) is 24.0 Å². The van der Waals surface area contributed by atoms with E-state index in [9.17, 15) is 4.79 Å². The molecule has 16 heavy (non-hydrogen) atoms. The third-order valence-electron chi connectivity index (χ3n) is 2.50. The second-order valence-electron chi connectivity index (χ2n) is 3.84. The summed E-state index contributed by atoms with van der Waals surface area (Å²) >= 11 is 5.58. The predicted octanol–water partition coefficient (Wildman–Crippen LogP) is 2.97. The van der Waals surface area contributed by atoms with Crippen molar-refractivity contribution in [1.29, 1.82) is 0 Å². The van der Waals surface area contributed by atoms with Gasteiger partial charge in [-0.05, 0) is 19.4 Å². The van der Waals surface area contributed by atoms with Crippen LogP contribution in [0.25, 0.3) is 0 Å². The molecule has 0 aliphatic rings. The van der Waals surface area contributed by atoms with Gasteiger partial charge in [-0.1, -0.05) is 29.8 Å². The number of amides is 1. The lowest BCUT2D eigenvalue weighted by molar-refractivity contribution is -0.131. The fraction of sp³-hybridized carbons (Fsp3) is 0.462. The average molecular weight is 240 g/mol. The zero-order valence-electron chi connectivity index (χ0n) is 9.87. The number of alkyl halides is 1. The number of rotatable bonds is 5. The Hall–Kier alpha value is -1.02. The summed E-state index contributed by atoms with van der Waals surface area (Å²) in [6.45, 7) is 5.44. The molecule has 1 amide bonds. The van der Waals surface area contributed by atoms with E-state index in [0.29, 0.717) is 18.8 Å². The Kier molecular flexibility index (Phi) is 5.33. The van der Waals surface area contributed by atoms with Gasteiger partial charge in [0.25, 0.3) is 0 Å². The van der Waals surface area contributed by atoms with Crippen LogP contribution in [0.1, 0.15) is 24.5 Å². The van der Waals surface area contributed by atoms with Crippen molar-refractivity contribution in [1.82, 2.24) is 4.90 Å². The quantitative estimate of drug-likeness (QED) is 0.724. The minimum absolute atomic E-state index is 0.124. The molecule has 0 fully saturated rings. The maximum atomic E-state index is 11.7. The van der Waals surface area contributed by atoms with Gasteiger partial charge in [0.15, 0.2) is 0 Å².